The van der Waals surface area contributed by atoms with Crippen molar-refractivity contribution in [3.05, 3.63) is 41.0 Å². The summed E-state index contributed by atoms with van der Waals surface area (Å²) < 4.78 is 4.64. The minimum absolute atomic E-state index is 0.298. The summed E-state index contributed by atoms with van der Waals surface area (Å²) in [5.41, 5.74) is 2.99. The van der Waals surface area contributed by atoms with Gasteiger partial charge in [-0.2, -0.15) is 0 Å². The van der Waals surface area contributed by atoms with Crippen LogP contribution >= 0.6 is 15.9 Å². The van der Waals surface area contributed by atoms with E-state index in [1.807, 2.05) is 12.1 Å². The third kappa shape index (κ3) is 3.81. The summed E-state index contributed by atoms with van der Waals surface area (Å²) in [4.78, 5) is 11.2. The van der Waals surface area contributed by atoms with Gasteiger partial charge in [-0.3, -0.25) is 0 Å². The van der Waals surface area contributed by atoms with Crippen LogP contribution in [0.15, 0.2) is 29.8 Å². The van der Waals surface area contributed by atoms with Crippen LogP contribution in [0.25, 0.3) is 6.08 Å². The van der Waals surface area contributed by atoms with E-state index in [-0.39, 0.29) is 5.97 Å². The van der Waals surface area contributed by atoms with E-state index in [0.29, 0.717) is 5.56 Å². The maximum atomic E-state index is 11.2. The molecule has 0 atom stereocenters. The fourth-order valence-corrected chi connectivity index (χ4v) is 1.96. The zero-order valence-corrected chi connectivity index (χ0v) is 11.1. The van der Waals surface area contributed by atoms with E-state index in [9.17, 15) is 4.79 Å². The normalized spacial score (nSPS) is 11.3. The van der Waals surface area contributed by atoms with Gasteiger partial charge in [0.05, 0.1) is 12.7 Å². The van der Waals surface area contributed by atoms with Gasteiger partial charge in [-0.25, -0.2) is 4.79 Å². The molecule has 0 N–H and O–H groups in total. The minimum Gasteiger partial charge on any atom is -0.465 e. The number of ether oxygens (including phenoxy) is 1. The number of carbonyl (C=O) groups is 1. The van der Waals surface area contributed by atoms with E-state index in [0.717, 1.165) is 17.3 Å². The highest BCUT2D eigenvalue weighted by atomic mass is 79.9. The van der Waals surface area contributed by atoms with Crippen molar-refractivity contribution in [1.29, 1.82) is 0 Å². The van der Waals surface area contributed by atoms with E-state index in [4.69, 9.17) is 0 Å². The summed E-state index contributed by atoms with van der Waals surface area (Å²) >= 11 is 3.40. The molecule has 1 aromatic carbocycles. The Labute approximate surface area is 104 Å². The Bertz CT molecular complexity index is 379. The number of hydrogen-bond donors (Lipinski definition) is 0. The number of benzene rings is 1. The molecule has 0 aromatic heterocycles. The highest BCUT2D eigenvalue weighted by molar-refractivity contribution is 9.09. The van der Waals surface area contributed by atoms with Crippen LogP contribution in [0.1, 0.15) is 29.3 Å². The molecule has 0 amide bonds. The lowest BCUT2D eigenvalue weighted by atomic mass is 10.1. The van der Waals surface area contributed by atoms with Crippen molar-refractivity contribution in [1.82, 2.24) is 0 Å². The van der Waals surface area contributed by atoms with Crippen LogP contribution in [0.5, 0.6) is 0 Å². The smallest absolute Gasteiger partial charge is 0.337 e. The first kappa shape index (κ1) is 13.0. The first-order valence-corrected chi connectivity index (χ1v) is 6.21. The van der Waals surface area contributed by atoms with Crippen LogP contribution in [-0.4, -0.2) is 18.4 Å². The Hall–Kier alpha value is -1.09. The number of rotatable bonds is 4. The third-order valence-corrected chi connectivity index (χ3v) is 2.63. The predicted octanol–water partition coefficient (Wildman–Crippen LogP) is 3.66. The van der Waals surface area contributed by atoms with Crippen molar-refractivity contribution < 1.29 is 9.53 Å². The van der Waals surface area contributed by atoms with Gasteiger partial charge in [-0.05, 0) is 31.0 Å². The average Bonchev–Trinajstić information content (AvgIpc) is 2.29. The highest BCUT2D eigenvalue weighted by Crippen LogP contribution is 2.12. The molecule has 3 heteroatoms. The summed E-state index contributed by atoms with van der Waals surface area (Å²) in [5.74, 6) is -0.298. The number of halogens is 1. The molecule has 2 nitrogen and oxygen atoms in total. The number of alkyl halides is 1. The van der Waals surface area contributed by atoms with Gasteiger partial charge in [0.15, 0.2) is 0 Å². The number of carbonyl (C=O) groups excluding carboxylic acids is 1. The topological polar surface area (TPSA) is 26.3 Å². The van der Waals surface area contributed by atoms with E-state index in [1.165, 1.54) is 12.7 Å². The van der Waals surface area contributed by atoms with Gasteiger partial charge in [0.25, 0.3) is 0 Å². The van der Waals surface area contributed by atoms with Crippen LogP contribution < -0.4 is 0 Å². The molecule has 1 rings (SSSR count). The molecule has 0 spiro atoms. The molecule has 16 heavy (non-hydrogen) atoms. The molecule has 0 fully saturated rings. The lowest BCUT2D eigenvalue weighted by molar-refractivity contribution is 0.0601. The Kier molecular flexibility index (Phi) is 5.26. The van der Waals surface area contributed by atoms with Gasteiger partial charge in [0.1, 0.15) is 0 Å². The summed E-state index contributed by atoms with van der Waals surface area (Å²) in [5, 5.41) is 0.968. The summed E-state index contributed by atoms with van der Waals surface area (Å²) in [6, 6.07) is 7.39. The maximum Gasteiger partial charge on any atom is 0.337 e. The summed E-state index contributed by atoms with van der Waals surface area (Å²) in [6.45, 7) is 2.09. The summed E-state index contributed by atoms with van der Waals surface area (Å²) in [6.07, 6.45) is 3.14. The number of esters is 1. The van der Waals surface area contributed by atoms with Crippen LogP contribution in [-0.2, 0) is 4.74 Å². The summed E-state index contributed by atoms with van der Waals surface area (Å²) in [7, 11) is 1.39. The zero-order valence-electron chi connectivity index (χ0n) is 9.50. The molecule has 86 valence electrons. The second-order valence-electron chi connectivity index (χ2n) is 3.54. The van der Waals surface area contributed by atoms with Gasteiger partial charge in [-0.1, -0.05) is 39.7 Å². The molecule has 0 unspecified atom stereocenters. The molecule has 1 aromatic rings. The van der Waals surface area contributed by atoms with E-state index in [2.05, 4.69) is 33.7 Å². The van der Waals surface area contributed by atoms with E-state index < -0.39 is 0 Å². The monoisotopic (exact) mass is 282 g/mol. The van der Waals surface area contributed by atoms with Crippen LogP contribution in [0.2, 0.25) is 0 Å². The van der Waals surface area contributed by atoms with Gasteiger partial charge >= 0.3 is 5.97 Å². The van der Waals surface area contributed by atoms with Crippen LogP contribution in [0.3, 0.4) is 0 Å². The average molecular weight is 283 g/mol. The molecular weight excluding hydrogens is 268 g/mol. The lowest BCUT2D eigenvalue weighted by Gasteiger charge is -2.01. The van der Waals surface area contributed by atoms with Crippen molar-refractivity contribution in [3.8, 4) is 0 Å². The quantitative estimate of drug-likeness (QED) is 0.622. The molecule has 0 aliphatic rings. The Balaban J connectivity index is 2.79. The van der Waals surface area contributed by atoms with Crippen molar-refractivity contribution in [2.45, 2.75) is 13.3 Å². The predicted molar refractivity (Wildman–Crippen MR) is 69.8 cm³/mol. The second kappa shape index (κ2) is 6.48. The number of hydrogen-bond acceptors (Lipinski definition) is 2. The van der Waals surface area contributed by atoms with Crippen molar-refractivity contribution >= 4 is 28.0 Å². The van der Waals surface area contributed by atoms with E-state index in [1.54, 1.807) is 12.1 Å². The molecule has 0 bridgehead atoms. The zero-order chi connectivity index (χ0) is 12.0. The van der Waals surface area contributed by atoms with Crippen molar-refractivity contribution in [3.63, 3.8) is 0 Å². The standard InChI is InChI=1S/C13H15BrO2/c1-10(7-8-14)9-11-3-5-12(6-4-11)13(15)16-2/h3-6,9H,7-8H2,1-2H3/b10-9+. The van der Waals surface area contributed by atoms with Gasteiger partial charge in [0, 0.05) is 5.33 Å². The molecule has 0 aliphatic carbocycles. The third-order valence-electron chi connectivity index (χ3n) is 2.23. The van der Waals surface area contributed by atoms with E-state index >= 15 is 0 Å². The number of methoxy groups -OCH3 is 1. The lowest BCUT2D eigenvalue weighted by Crippen LogP contribution is -2.00. The minimum atomic E-state index is -0.298. The molecule has 0 heterocycles. The highest BCUT2D eigenvalue weighted by Gasteiger charge is 2.03. The first-order chi connectivity index (χ1) is 7.67. The molecule has 0 aliphatic heterocycles. The largest absolute Gasteiger partial charge is 0.465 e. The van der Waals surface area contributed by atoms with Crippen LogP contribution in [0.4, 0.5) is 0 Å². The van der Waals surface area contributed by atoms with Crippen LogP contribution in [0, 0.1) is 0 Å². The van der Waals surface area contributed by atoms with Crippen molar-refractivity contribution in [2.75, 3.05) is 12.4 Å². The Morgan fingerprint density at radius 2 is 2.00 bits per heavy atom. The number of allylic oxidation sites excluding steroid dienone is 1. The molecule has 0 radical (unpaired) electrons. The first-order valence-electron chi connectivity index (χ1n) is 5.09. The SMILES string of the molecule is COC(=O)c1ccc(/C=C(\C)CCBr)cc1. The molecule has 0 saturated heterocycles. The fourth-order valence-electron chi connectivity index (χ4n) is 1.34. The maximum absolute atomic E-state index is 11.2. The van der Waals surface area contributed by atoms with Gasteiger partial charge < -0.3 is 4.74 Å². The fraction of sp³-hybridized carbons (Fsp3) is 0.308. The van der Waals surface area contributed by atoms with Gasteiger partial charge in [-0.15, -0.1) is 0 Å². The second-order valence-corrected chi connectivity index (χ2v) is 4.34. The van der Waals surface area contributed by atoms with Gasteiger partial charge in [0.2, 0.25) is 0 Å². The molecular formula is C13H15BrO2. The Morgan fingerprint density at radius 1 is 1.38 bits per heavy atom. The van der Waals surface area contributed by atoms with Crippen molar-refractivity contribution in [2.24, 2.45) is 0 Å². The molecule has 0 saturated carbocycles. The Morgan fingerprint density at radius 3 is 2.50 bits per heavy atom.